The molecule has 1 atom stereocenters. The molecule has 0 radical (unpaired) electrons. The van der Waals surface area contributed by atoms with E-state index in [-0.39, 0.29) is 0 Å². The minimum Gasteiger partial charge on any atom is -0.480 e. The lowest BCUT2D eigenvalue weighted by atomic mass is 9.90. The van der Waals surface area contributed by atoms with E-state index in [1.54, 1.807) is 0 Å². The summed E-state index contributed by atoms with van der Waals surface area (Å²) in [6.45, 7) is 6.07. The lowest BCUT2D eigenvalue weighted by Crippen LogP contribution is -2.53. The van der Waals surface area contributed by atoms with E-state index in [0.29, 0.717) is 12.5 Å². The van der Waals surface area contributed by atoms with Crippen LogP contribution in [0.3, 0.4) is 0 Å². The fourth-order valence-electron chi connectivity index (χ4n) is 2.10. The zero-order valence-electron chi connectivity index (χ0n) is 11.3. The minimum absolute atomic E-state index is 0.440. The van der Waals surface area contributed by atoms with Gasteiger partial charge in [-0.2, -0.15) is 0 Å². The summed E-state index contributed by atoms with van der Waals surface area (Å²) in [6.07, 6.45) is 4.58. The number of carboxylic acids is 1. The Labute approximate surface area is 104 Å². The van der Waals surface area contributed by atoms with Crippen molar-refractivity contribution in [3.63, 3.8) is 0 Å². The highest BCUT2D eigenvalue weighted by atomic mass is 16.4. The number of hydrogen-bond acceptors (Lipinski definition) is 3. The van der Waals surface area contributed by atoms with Crippen LogP contribution in [0.15, 0.2) is 0 Å². The van der Waals surface area contributed by atoms with Crippen LogP contribution in [0.5, 0.6) is 0 Å². The number of rotatable bonds is 9. The van der Waals surface area contributed by atoms with E-state index in [0.717, 1.165) is 38.8 Å². The summed E-state index contributed by atoms with van der Waals surface area (Å²) in [5, 5.41) is 12.8. The average Bonchev–Trinajstić information content (AvgIpc) is 3.10. The van der Waals surface area contributed by atoms with E-state index in [4.69, 9.17) is 0 Å². The van der Waals surface area contributed by atoms with Crippen LogP contribution in [0.1, 0.15) is 46.0 Å². The summed E-state index contributed by atoms with van der Waals surface area (Å²) in [5.41, 5.74) is -0.699. The molecule has 4 nitrogen and oxygen atoms in total. The SMILES string of the molecule is CCN(C)CCCC(CC)(NC1CC1)C(=O)O. The minimum atomic E-state index is -0.699. The molecule has 0 aromatic carbocycles. The van der Waals surface area contributed by atoms with Crippen LogP contribution in [0.4, 0.5) is 0 Å². The second-order valence-corrected chi connectivity index (χ2v) is 5.16. The first-order valence-electron chi connectivity index (χ1n) is 6.73. The highest BCUT2D eigenvalue weighted by molar-refractivity contribution is 5.78. The summed E-state index contributed by atoms with van der Waals surface area (Å²) >= 11 is 0. The number of hydrogen-bond donors (Lipinski definition) is 2. The maximum atomic E-state index is 11.5. The number of carbonyl (C=O) groups is 1. The van der Waals surface area contributed by atoms with E-state index < -0.39 is 11.5 Å². The predicted octanol–water partition coefficient (Wildman–Crippen LogP) is 1.70. The average molecular weight is 242 g/mol. The van der Waals surface area contributed by atoms with Crippen molar-refractivity contribution in [1.29, 1.82) is 0 Å². The molecule has 1 unspecified atom stereocenters. The molecule has 0 heterocycles. The van der Waals surface area contributed by atoms with Crippen LogP contribution in [0.2, 0.25) is 0 Å². The molecule has 1 aliphatic carbocycles. The van der Waals surface area contributed by atoms with Gasteiger partial charge in [0.15, 0.2) is 0 Å². The van der Waals surface area contributed by atoms with Crippen molar-refractivity contribution in [1.82, 2.24) is 10.2 Å². The summed E-state index contributed by atoms with van der Waals surface area (Å²) in [5.74, 6) is -0.689. The van der Waals surface area contributed by atoms with Crippen molar-refractivity contribution in [2.45, 2.75) is 57.5 Å². The molecule has 1 rings (SSSR count). The Hall–Kier alpha value is -0.610. The third kappa shape index (κ3) is 4.28. The van der Waals surface area contributed by atoms with Gasteiger partial charge in [0.05, 0.1) is 0 Å². The molecule has 0 bridgehead atoms. The third-order valence-electron chi connectivity index (χ3n) is 3.75. The summed E-state index contributed by atoms with van der Waals surface area (Å²) in [6, 6.07) is 0.440. The molecular formula is C13H26N2O2. The number of nitrogens with one attached hydrogen (secondary N) is 1. The van der Waals surface area contributed by atoms with E-state index in [2.05, 4.69) is 24.2 Å². The summed E-state index contributed by atoms with van der Waals surface area (Å²) < 4.78 is 0. The summed E-state index contributed by atoms with van der Waals surface area (Å²) in [7, 11) is 2.07. The number of nitrogens with zero attached hydrogens (tertiary/aromatic N) is 1. The number of aliphatic carboxylic acids is 1. The van der Waals surface area contributed by atoms with Crippen molar-refractivity contribution in [2.75, 3.05) is 20.1 Å². The maximum absolute atomic E-state index is 11.5. The van der Waals surface area contributed by atoms with Crippen LogP contribution in [-0.2, 0) is 4.79 Å². The van der Waals surface area contributed by atoms with Gasteiger partial charge in [0.1, 0.15) is 5.54 Å². The molecule has 0 aromatic heterocycles. The molecule has 2 N–H and O–H groups in total. The zero-order valence-corrected chi connectivity index (χ0v) is 11.3. The van der Waals surface area contributed by atoms with Gasteiger partial charge in [0.2, 0.25) is 0 Å². The molecule has 0 spiro atoms. The number of carboxylic acid groups (broad SMARTS) is 1. The van der Waals surface area contributed by atoms with Gasteiger partial charge in [0, 0.05) is 6.04 Å². The highest BCUT2D eigenvalue weighted by Gasteiger charge is 2.40. The Morgan fingerprint density at radius 3 is 2.53 bits per heavy atom. The maximum Gasteiger partial charge on any atom is 0.323 e. The van der Waals surface area contributed by atoms with Crippen LogP contribution < -0.4 is 5.32 Å². The van der Waals surface area contributed by atoms with Crippen molar-refractivity contribution >= 4 is 5.97 Å². The molecule has 1 fully saturated rings. The van der Waals surface area contributed by atoms with Gasteiger partial charge in [0.25, 0.3) is 0 Å². The van der Waals surface area contributed by atoms with E-state index in [9.17, 15) is 9.90 Å². The summed E-state index contributed by atoms with van der Waals surface area (Å²) in [4.78, 5) is 13.7. The molecule has 100 valence electrons. The van der Waals surface area contributed by atoms with Gasteiger partial charge in [-0.05, 0) is 52.2 Å². The Kier molecular flexibility index (Phi) is 5.40. The molecule has 4 heteroatoms. The van der Waals surface area contributed by atoms with Crippen molar-refractivity contribution in [3.8, 4) is 0 Å². The molecule has 0 aromatic rings. The van der Waals surface area contributed by atoms with Gasteiger partial charge in [-0.15, -0.1) is 0 Å². The second-order valence-electron chi connectivity index (χ2n) is 5.16. The Bertz CT molecular complexity index is 254. The van der Waals surface area contributed by atoms with Gasteiger partial charge < -0.3 is 10.0 Å². The fourth-order valence-corrected chi connectivity index (χ4v) is 2.10. The first kappa shape index (κ1) is 14.5. The van der Waals surface area contributed by atoms with E-state index in [1.807, 2.05) is 6.92 Å². The van der Waals surface area contributed by atoms with Gasteiger partial charge in [-0.3, -0.25) is 10.1 Å². The Balaban J connectivity index is 2.46. The van der Waals surface area contributed by atoms with Crippen LogP contribution >= 0.6 is 0 Å². The topological polar surface area (TPSA) is 52.6 Å². The molecular weight excluding hydrogens is 216 g/mol. The quantitative estimate of drug-likeness (QED) is 0.646. The van der Waals surface area contributed by atoms with Crippen molar-refractivity contribution in [3.05, 3.63) is 0 Å². The zero-order chi connectivity index (χ0) is 12.9. The van der Waals surface area contributed by atoms with Crippen molar-refractivity contribution in [2.24, 2.45) is 0 Å². The lowest BCUT2D eigenvalue weighted by molar-refractivity contribution is -0.145. The largest absolute Gasteiger partial charge is 0.480 e. The smallest absolute Gasteiger partial charge is 0.323 e. The van der Waals surface area contributed by atoms with Crippen LogP contribution in [0, 0.1) is 0 Å². The monoisotopic (exact) mass is 242 g/mol. The molecule has 0 amide bonds. The lowest BCUT2D eigenvalue weighted by Gasteiger charge is -2.30. The predicted molar refractivity (Wildman–Crippen MR) is 69.2 cm³/mol. The Morgan fingerprint density at radius 2 is 2.12 bits per heavy atom. The van der Waals surface area contributed by atoms with Gasteiger partial charge in [-0.25, -0.2) is 0 Å². The fraction of sp³-hybridized carbons (Fsp3) is 0.923. The molecule has 1 saturated carbocycles. The molecule has 0 saturated heterocycles. The first-order chi connectivity index (χ1) is 8.04. The standard InChI is InChI=1S/C13H26N2O2/c1-4-13(12(16)17,14-11-7-8-11)9-6-10-15(3)5-2/h11,14H,4-10H2,1-3H3,(H,16,17). The van der Waals surface area contributed by atoms with E-state index in [1.165, 1.54) is 0 Å². The Morgan fingerprint density at radius 1 is 1.47 bits per heavy atom. The molecule has 0 aliphatic heterocycles. The molecule has 1 aliphatic rings. The highest BCUT2D eigenvalue weighted by Crippen LogP contribution is 2.27. The third-order valence-corrected chi connectivity index (χ3v) is 3.75. The van der Waals surface area contributed by atoms with Gasteiger partial charge in [-0.1, -0.05) is 13.8 Å². The normalized spacial score (nSPS) is 19.3. The van der Waals surface area contributed by atoms with Crippen LogP contribution in [-0.4, -0.2) is 47.7 Å². The van der Waals surface area contributed by atoms with E-state index >= 15 is 0 Å². The second kappa shape index (κ2) is 6.36. The van der Waals surface area contributed by atoms with Crippen molar-refractivity contribution < 1.29 is 9.90 Å². The van der Waals surface area contributed by atoms with Crippen LogP contribution in [0.25, 0.3) is 0 Å². The first-order valence-corrected chi connectivity index (χ1v) is 6.73. The van der Waals surface area contributed by atoms with Gasteiger partial charge >= 0.3 is 5.97 Å². The molecule has 17 heavy (non-hydrogen) atoms.